The van der Waals surface area contributed by atoms with Crippen molar-refractivity contribution < 1.29 is 14.3 Å². The van der Waals surface area contributed by atoms with Gasteiger partial charge in [0.25, 0.3) is 0 Å². The molecule has 0 spiro atoms. The smallest absolute Gasteiger partial charge is 0.233 e. The lowest BCUT2D eigenvalue weighted by molar-refractivity contribution is -0.134. The predicted molar refractivity (Wildman–Crippen MR) is 123 cm³/mol. The van der Waals surface area contributed by atoms with Crippen LogP contribution in [0.2, 0.25) is 0 Å². The first-order valence-corrected chi connectivity index (χ1v) is 11.4. The van der Waals surface area contributed by atoms with Crippen LogP contribution in [0.25, 0.3) is 10.2 Å². The maximum atomic E-state index is 13.5. The number of para-hydroxylation sites is 1. The first kappa shape index (κ1) is 21.5. The summed E-state index contributed by atoms with van der Waals surface area (Å²) in [7, 11) is 1.63. The molecule has 1 fully saturated rings. The fourth-order valence-electron chi connectivity index (χ4n) is 3.97. The third kappa shape index (κ3) is 5.11. The zero-order valence-electron chi connectivity index (χ0n) is 17.7. The van der Waals surface area contributed by atoms with Gasteiger partial charge in [0, 0.05) is 20.2 Å². The Hall–Kier alpha value is -2.77. The highest BCUT2D eigenvalue weighted by Gasteiger charge is 2.32. The van der Waals surface area contributed by atoms with Crippen LogP contribution in [0.3, 0.4) is 0 Å². The fourth-order valence-corrected chi connectivity index (χ4v) is 4.96. The molecule has 2 amide bonds. The van der Waals surface area contributed by atoms with Crippen LogP contribution in [0.15, 0.2) is 54.6 Å². The maximum absolute atomic E-state index is 13.5. The number of likely N-dealkylation sites (tertiary alicyclic amines) is 1. The number of rotatable bonds is 7. The molecule has 162 valence electrons. The van der Waals surface area contributed by atoms with Gasteiger partial charge in [0.15, 0.2) is 5.13 Å². The Morgan fingerprint density at radius 2 is 1.94 bits per heavy atom. The second-order valence-corrected chi connectivity index (χ2v) is 8.80. The molecule has 1 atom stereocenters. The molecule has 3 aromatic rings. The highest BCUT2D eigenvalue weighted by atomic mass is 32.1. The Kier molecular flexibility index (Phi) is 6.94. The minimum absolute atomic E-state index is 0.0216. The summed E-state index contributed by atoms with van der Waals surface area (Å²) in [6.45, 7) is 2.04. The Labute approximate surface area is 186 Å². The van der Waals surface area contributed by atoms with E-state index >= 15 is 0 Å². The van der Waals surface area contributed by atoms with Crippen molar-refractivity contribution in [2.24, 2.45) is 5.92 Å². The van der Waals surface area contributed by atoms with Gasteiger partial charge >= 0.3 is 0 Å². The lowest BCUT2D eigenvalue weighted by Gasteiger charge is -2.34. The molecule has 0 N–H and O–H groups in total. The van der Waals surface area contributed by atoms with Crippen LogP contribution in [0.4, 0.5) is 5.13 Å². The number of methoxy groups -OCH3 is 1. The number of anilines is 1. The van der Waals surface area contributed by atoms with Crippen LogP contribution in [-0.2, 0) is 20.7 Å². The number of carbonyl (C=O) groups is 2. The second-order valence-electron chi connectivity index (χ2n) is 7.79. The van der Waals surface area contributed by atoms with E-state index in [-0.39, 0.29) is 17.7 Å². The number of hydrogen-bond donors (Lipinski definition) is 0. The van der Waals surface area contributed by atoms with Crippen molar-refractivity contribution >= 4 is 38.5 Å². The van der Waals surface area contributed by atoms with Gasteiger partial charge in [-0.05, 0) is 30.5 Å². The molecule has 2 heterocycles. The monoisotopic (exact) mass is 437 g/mol. The molecular formula is C24H27N3O3S. The third-order valence-electron chi connectivity index (χ3n) is 5.62. The van der Waals surface area contributed by atoms with Crippen LogP contribution in [-0.4, -0.2) is 55.0 Å². The topological polar surface area (TPSA) is 62.7 Å². The largest absolute Gasteiger partial charge is 0.383 e. The number of ether oxygens (including phenoxy) is 1. The SMILES string of the molecule is COCCN(C(=O)C1CCCN(C(=O)Cc2ccccc2)C1)c1nc2ccccc2s1. The van der Waals surface area contributed by atoms with E-state index in [1.165, 1.54) is 11.3 Å². The Morgan fingerprint density at radius 1 is 1.16 bits per heavy atom. The number of fused-ring (bicyclic) bond motifs is 1. The maximum Gasteiger partial charge on any atom is 0.233 e. The summed E-state index contributed by atoms with van der Waals surface area (Å²) in [4.78, 5) is 34.6. The standard InChI is InChI=1S/C24H27N3O3S/c1-30-15-14-27(24-25-20-11-5-6-12-21(20)31-24)23(29)19-10-7-13-26(17-19)22(28)16-18-8-3-2-4-9-18/h2-6,8-9,11-12,19H,7,10,13-17H2,1H3. The quantitative estimate of drug-likeness (QED) is 0.565. The highest BCUT2D eigenvalue weighted by molar-refractivity contribution is 7.22. The van der Waals surface area contributed by atoms with Gasteiger partial charge in [-0.3, -0.25) is 14.5 Å². The van der Waals surface area contributed by atoms with E-state index in [9.17, 15) is 9.59 Å². The van der Waals surface area contributed by atoms with Crippen LogP contribution < -0.4 is 4.90 Å². The van der Waals surface area contributed by atoms with Gasteiger partial charge in [-0.1, -0.05) is 53.8 Å². The molecule has 7 heteroatoms. The van der Waals surface area contributed by atoms with Crippen molar-refractivity contribution in [1.29, 1.82) is 0 Å². The summed E-state index contributed by atoms with van der Waals surface area (Å²) in [5, 5.41) is 0.691. The van der Waals surface area contributed by atoms with Gasteiger partial charge in [0.1, 0.15) is 0 Å². The number of piperidine rings is 1. The van der Waals surface area contributed by atoms with Gasteiger partial charge < -0.3 is 9.64 Å². The van der Waals surface area contributed by atoms with E-state index in [2.05, 4.69) is 4.98 Å². The first-order chi connectivity index (χ1) is 15.2. The fraction of sp³-hybridized carbons (Fsp3) is 0.375. The number of benzene rings is 2. The lowest BCUT2D eigenvalue weighted by atomic mass is 9.96. The number of aromatic nitrogens is 1. The van der Waals surface area contributed by atoms with E-state index in [1.807, 2.05) is 59.5 Å². The summed E-state index contributed by atoms with van der Waals surface area (Å²) in [6, 6.07) is 17.6. The zero-order chi connectivity index (χ0) is 21.6. The van der Waals surface area contributed by atoms with E-state index in [0.717, 1.165) is 28.6 Å². The molecule has 6 nitrogen and oxygen atoms in total. The molecule has 1 aliphatic rings. The molecular weight excluding hydrogens is 410 g/mol. The number of amides is 2. The predicted octanol–water partition coefficient (Wildman–Crippen LogP) is 3.76. The van der Waals surface area contributed by atoms with Crippen LogP contribution >= 0.6 is 11.3 Å². The van der Waals surface area contributed by atoms with Crippen LogP contribution in [0.1, 0.15) is 18.4 Å². The molecule has 4 rings (SSSR count). The molecule has 0 saturated carbocycles. The second kappa shape index (κ2) is 10.0. The molecule has 1 unspecified atom stereocenters. The normalized spacial score (nSPS) is 16.4. The summed E-state index contributed by atoms with van der Waals surface area (Å²) >= 11 is 1.51. The number of thiazole rings is 1. The van der Waals surface area contributed by atoms with E-state index in [4.69, 9.17) is 4.74 Å². The third-order valence-corrected chi connectivity index (χ3v) is 6.68. The minimum Gasteiger partial charge on any atom is -0.383 e. The van der Waals surface area contributed by atoms with Gasteiger partial charge in [-0.25, -0.2) is 4.98 Å². The van der Waals surface area contributed by atoms with Gasteiger partial charge in [-0.15, -0.1) is 0 Å². The average Bonchev–Trinajstić information content (AvgIpc) is 3.24. The molecule has 1 aliphatic heterocycles. The molecule has 0 radical (unpaired) electrons. The van der Waals surface area contributed by atoms with Gasteiger partial charge in [0.2, 0.25) is 11.8 Å². The minimum atomic E-state index is -0.225. The van der Waals surface area contributed by atoms with E-state index < -0.39 is 0 Å². The van der Waals surface area contributed by atoms with Crippen molar-refractivity contribution in [2.75, 3.05) is 38.3 Å². The molecule has 1 saturated heterocycles. The molecule has 31 heavy (non-hydrogen) atoms. The lowest BCUT2D eigenvalue weighted by Crippen LogP contribution is -2.48. The Bertz CT molecular complexity index is 1000. The van der Waals surface area contributed by atoms with Crippen molar-refractivity contribution in [3.8, 4) is 0 Å². The van der Waals surface area contributed by atoms with E-state index in [1.54, 1.807) is 12.0 Å². The van der Waals surface area contributed by atoms with Crippen molar-refractivity contribution in [1.82, 2.24) is 9.88 Å². The molecule has 0 bridgehead atoms. The van der Waals surface area contributed by atoms with Crippen LogP contribution in [0, 0.1) is 5.92 Å². The highest BCUT2D eigenvalue weighted by Crippen LogP contribution is 2.30. The average molecular weight is 438 g/mol. The van der Waals surface area contributed by atoms with Crippen LogP contribution in [0.5, 0.6) is 0 Å². The molecule has 2 aromatic carbocycles. The number of nitrogens with zero attached hydrogens (tertiary/aromatic N) is 3. The zero-order valence-corrected chi connectivity index (χ0v) is 18.5. The number of carbonyl (C=O) groups excluding carboxylic acids is 2. The Balaban J connectivity index is 1.48. The summed E-state index contributed by atoms with van der Waals surface area (Å²) < 4.78 is 6.30. The van der Waals surface area contributed by atoms with Gasteiger partial charge in [-0.2, -0.15) is 0 Å². The summed E-state index contributed by atoms with van der Waals surface area (Å²) in [5.41, 5.74) is 1.89. The summed E-state index contributed by atoms with van der Waals surface area (Å²) in [6.07, 6.45) is 1.98. The number of hydrogen-bond acceptors (Lipinski definition) is 5. The van der Waals surface area contributed by atoms with Crippen molar-refractivity contribution in [2.45, 2.75) is 19.3 Å². The van der Waals surface area contributed by atoms with Crippen molar-refractivity contribution in [3.63, 3.8) is 0 Å². The molecule has 0 aliphatic carbocycles. The Morgan fingerprint density at radius 3 is 2.71 bits per heavy atom. The van der Waals surface area contributed by atoms with Gasteiger partial charge in [0.05, 0.1) is 35.7 Å². The molecule has 1 aromatic heterocycles. The first-order valence-electron chi connectivity index (χ1n) is 10.6. The summed E-state index contributed by atoms with van der Waals surface area (Å²) in [5.74, 6) is -0.127. The van der Waals surface area contributed by atoms with E-state index in [0.29, 0.717) is 37.8 Å². The van der Waals surface area contributed by atoms with Crippen molar-refractivity contribution in [3.05, 3.63) is 60.2 Å².